The Kier molecular flexibility index (Phi) is 4.48. The second-order valence-electron chi connectivity index (χ2n) is 7.74. The first kappa shape index (κ1) is 18.4. The molecule has 140 valence electrons. The fourth-order valence-corrected chi connectivity index (χ4v) is 5.25. The molecule has 0 bridgehead atoms. The van der Waals surface area contributed by atoms with E-state index in [1.807, 2.05) is 43.3 Å². The van der Waals surface area contributed by atoms with Gasteiger partial charge in [0, 0.05) is 33.8 Å². The molecule has 4 rings (SSSR count). The third-order valence-corrected chi connectivity index (χ3v) is 6.68. The van der Waals surface area contributed by atoms with Gasteiger partial charge in [-0.25, -0.2) is 0 Å². The summed E-state index contributed by atoms with van der Waals surface area (Å²) in [5.41, 5.74) is 1.50. The zero-order chi connectivity index (χ0) is 19.3. The minimum absolute atomic E-state index is 0.00694. The summed E-state index contributed by atoms with van der Waals surface area (Å²) in [6, 6.07) is 13.0. The number of benzene rings is 2. The molecule has 0 unspecified atom stereocenters. The van der Waals surface area contributed by atoms with Gasteiger partial charge in [-0.3, -0.25) is 4.79 Å². The molecule has 2 aliphatic rings. The molecule has 1 heterocycles. The predicted molar refractivity (Wildman–Crippen MR) is 108 cm³/mol. The number of carbonyl (C=O) groups is 1. The van der Waals surface area contributed by atoms with E-state index in [9.17, 15) is 9.90 Å². The first-order valence-electron chi connectivity index (χ1n) is 9.05. The first-order valence-corrected chi connectivity index (χ1v) is 9.81. The van der Waals surface area contributed by atoms with Gasteiger partial charge in [-0.1, -0.05) is 53.6 Å². The Labute approximate surface area is 169 Å². The third kappa shape index (κ3) is 2.94. The number of fused-ring (bicyclic) bond motifs is 1. The maximum atomic E-state index is 12.7. The van der Waals surface area contributed by atoms with Crippen molar-refractivity contribution >= 4 is 29.1 Å². The highest BCUT2D eigenvalue weighted by Crippen LogP contribution is 2.56. The van der Waals surface area contributed by atoms with Crippen molar-refractivity contribution in [1.29, 1.82) is 0 Å². The van der Waals surface area contributed by atoms with Crippen molar-refractivity contribution in [3.05, 3.63) is 75.8 Å². The fourth-order valence-electron chi connectivity index (χ4n) is 4.82. The molecule has 3 nitrogen and oxygen atoms in total. The number of hydrogen-bond donors (Lipinski definition) is 2. The van der Waals surface area contributed by atoms with E-state index in [0.717, 1.165) is 11.1 Å². The van der Waals surface area contributed by atoms with Gasteiger partial charge in [0.05, 0.1) is 5.41 Å². The largest absolute Gasteiger partial charge is 0.508 e. The van der Waals surface area contributed by atoms with Crippen LogP contribution in [0.4, 0.5) is 0 Å². The molecule has 2 N–H and O–H groups in total. The number of rotatable bonds is 2. The first-order chi connectivity index (χ1) is 12.8. The monoisotopic (exact) mass is 401 g/mol. The summed E-state index contributed by atoms with van der Waals surface area (Å²) in [5, 5.41) is 14.1. The lowest BCUT2D eigenvalue weighted by Gasteiger charge is -2.42. The van der Waals surface area contributed by atoms with Crippen molar-refractivity contribution in [3.8, 4) is 5.75 Å². The van der Waals surface area contributed by atoms with Gasteiger partial charge in [-0.05, 0) is 49.2 Å². The molecule has 0 radical (unpaired) electrons. The van der Waals surface area contributed by atoms with Crippen LogP contribution in [0.1, 0.15) is 36.8 Å². The Morgan fingerprint density at radius 1 is 1.11 bits per heavy atom. The van der Waals surface area contributed by atoms with Crippen LogP contribution in [0.5, 0.6) is 5.75 Å². The Balaban J connectivity index is 1.90. The smallest absolute Gasteiger partial charge is 0.230 e. The molecule has 2 aromatic carbocycles. The summed E-state index contributed by atoms with van der Waals surface area (Å²) < 4.78 is 0. The molecule has 27 heavy (non-hydrogen) atoms. The van der Waals surface area contributed by atoms with Gasteiger partial charge < -0.3 is 10.4 Å². The van der Waals surface area contributed by atoms with Gasteiger partial charge >= 0.3 is 0 Å². The molecule has 0 aromatic heterocycles. The quantitative estimate of drug-likeness (QED) is 0.672. The number of phenols is 1. The maximum Gasteiger partial charge on any atom is 0.230 e. The van der Waals surface area contributed by atoms with E-state index in [1.54, 1.807) is 12.1 Å². The second kappa shape index (κ2) is 6.57. The normalized spacial score (nSPS) is 32.2. The molecule has 1 saturated heterocycles. The lowest BCUT2D eigenvalue weighted by Crippen LogP contribution is -2.39. The number of halogens is 2. The van der Waals surface area contributed by atoms with Crippen molar-refractivity contribution < 1.29 is 9.90 Å². The highest BCUT2D eigenvalue weighted by molar-refractivity contribution is 6.31. The van der Waals surface area contributed by atoms with E-state index in [4.69, 9.17) is 23.2 Å². The van der Waals surface area contributed by atoms with Crippen LogP contribution in [0.15, 0.2) is 54.6 Å². The topological polar surface area (TPSA) is 49.3 Å². The van der Waals surface area contributed by atoms with E-state index in [1.165, 1.54) is 0 Å². The van der Waals surface area contributed by atoms with Gasteiger partial charge in [-0.2, -0.15) is 0 Å². The molecule has 2 aromatic rings. The van der Waals surface area contributed by atoms with E-state index in [2.05, 4.69) is 18.3 Å². The summed E-state index contributed by atoms with van der Waals surface area (Å²) in [7, 11) is 0. The van der Waals surface area contributed by atoms with Crippen LogP contribution < -0.4 is 5.32 Å². The van der Waals surface area contributed by atoms with Crippen molar-refractivity contribution in [2.75, 3.05) is 0 Å². The molecule has 1 aliphatic heterocycles. The molecule has 1 amide bonds. The van der Waals surface area contributed by atoms with E-state index >= 15 is 0 Å². The van der Waals surface area contributed by atoms with Crippen LogP contribution in [-0.2, 0) is 4.79 Å². The van der Waals surface area contributed by atoms with Crippen LogP contribution in [0.25, 0.3) is 0 Å². The molecule has 1 fully saturated rings. The van der Waals surface area contributed by atoms with Gasteiger partial charge in [0.25, 0.3) is 0 Å². The lowest BCUT2D eigenvalue weighted by molar-refractivity contribution is -0.126. The standard InChI is InChI=1S/C22H21Cl2NO2/c1-12-20-19(13-3-5-14(23)6-4-13)17(9-10-22(20,2)21(27)25-12)16-8-7-15(26)11-18(16)24/h3-12,17,19-20,26H,1-2H3,(H,25,27)/t12-,17+,19+,20+,22-/m1/s1. The summed E-state index contributed by atoms with van der Waals surface area (Å²) in [5.74, 6) is 0.319. The number of allylic oxidation sites excluding steroid dienone is 1. The van der Waals surface area contributed by atoms with Crippen LogP contribution in [0.2, 0.25) is 10.0 Å². The van der Waals surface area contributed by atoms with Gasteiger partial charge in [-0.15, -0.1) is 0 Å². The van der Waals surface area contributed by atoms with Crippen molar-refractivity contribution in [2.45, 2.75) is 31.7 Å². The van der Waals surface area contributed by atoms with Crippen molar-refractivity contribution in [2.24, 2.45) is 11.3 Å². The SMILES string of the molecule is C[C@H]1NC(=O)[C@]2(C)C=C[C@@H](c3ccc(O)cc3Cl)[C@H](c3ccc(Cl)cc3)[C@H]12. The lowest BCUT2D eigenvalue weighted by atomic mass is 9.59. The fraction of sp³-hybridized carbons (Fsp3) is 0.318. The van der Waals surface area contributed by atoms with Crippen molar-refractivity contribution in [1.82, 2.24) is 5.32 Å². The average molecular weight is 402 g/mol. The van der Waals surface area contributed by atoms with Crippen LogP contribution >= 0.6 is 23.2 Å². The molecule has 5 atom stereocenters. The number of nitrogens with one attached hydrogen (secondary N) is 1. The minimum Gasteiger partial charge on any atom is -0.508 e. The van der Waals surface area contributed by atoms with Gasteiger partial charge in [0.1, 0.15) is 5.75 Å². The van der Waals surface area contributed by atoms with E-state index in [-0.39, 0.29) is 35.5 Å². The molecular formula is C22H21Cl2NO2. The highest BCUT2D eigenvalue weighted by Gasteiger charge is 2.55. The highest BCUT2D eigenvalue weighted by atomic mass is 35.5. The Bertz CT molecular complexity index is 924. The summed E-state index contributed by atoms with van der Waals surface area (Å²) in [4.78, 5) is 12.7. The van der Waals surface area contributed by atoms with Crippen LogP contribution in [0, 0.1) is 11.3 Å². The Morgan fingerprint density at radius 3 is 2.48 bits per heavy atom. The number of hydrogen-bond acceptors (Lipinski definition) is 2. The molecular weight excluding hydrogens is 381 g/mol. The zero-order valence-electron chi connectivity index (χ0n) is 15.1. The Morgan fingerprint density at radius 2 is 1.81 bits per heavy atom. The van der Waals surface area contributed by atoms with E-state index < -0.39 is 5.41 Å². The van der Waals surface area contributed by atoms with Crippen LogP contribution in [0.3, 0.4) is 0 Å². The number of amides is 1. The predicted octanol–water partition coefficient (Wildman–Crippen LogP) is 5.28. The number of phenolic OH excluding ortho intramolecular Hbond substituents is 1. The molecule has 0 saturated carbocycles. The molecule has 5 heteroatoms. The number of aromatic hydroxyl groups is 1. The second-order valence-corrected chi connectivity index (χ2v) is 8.58. The van der Waals surface area contributed by atoms with Gasteiger partial charge in [0.2, 0.25) is 5.91 Å². The maximum absolute atomic E-state index is 12.7. The zero-order valence-corrected chi connectivity index (χ0v) is 16.6. The minimum atomic E-state index is -0.566. The molecule has 1 aliphatic carbocycles. The van der Waals surface area contributed by atoms with Gasteiger partial charge in [0.15, 0.2) is 0 Å². The third-order valence-electron chi connectivity index (χ3n) is 6.10. The van der Waals surface area contributed by atoms with E-state index in [0.29, 0.717) is 10.0 Å². The number of carbonyl (C=O) groups excluding carboxylic acids is 1. The summed E-state index contributed by atoms with van der Waals surface area (Å²) in [6.45, 7) is 4.07. The Hall–Kier alpha value is -1.97. The van der Waals surface area contributed by atoms with Crippen LogP contribution in [-0.4, -0.2) is 17.1 Å². The summed E-state index contributed by atoms with van der Waals surface area (Å²) in [6.07, 6.45) is 4.11. The summed E-state index contributed by atoms with van der Waals surface area (Å²) >= 11 is 12.6. The van der Waals surface area contributed by atoms with Crippen molar-refractivity contribution in [3.63, 3.8) is 0 Å². The molecule has 0 spiro atoms. The average Bonchev–Trinajstić information content (AvgIpc) is 2.85.